The van der Waals surface area contributed by atoms with Crippen molar-refractivity contribution >= 4 is 64.0 Å². The van der Waals surface area contributed by atoms with E-state index in [-0.39, 0.29) is 93.4 Å². The predicted molar refractivity (Wildman–Crippen MR) is 281 cm³/mol. The molecule has 22 heteroatoms. The lowest BCUT2D eigenvalue weighted by molar-refractivity contribution is -0.172. The molecule has 3 atom stereocenters. The van der Waals surface area contributed by atoms with Crippen molar-refractivity contribution in [1.29, 1.82) is 0 Å². The maximum atomic E-state index is 15.5. The number of amides is 7. The van der Waals surface area contributed by atoms with Crippen LogP contribution in [0.1, 0.15) is 116 Å². The topological polar surface area (TPSA) is 291 Å². The molecule has 5 aliphatic rings. The summed E-state index contributed by atoms with van der Waals surface area (Å²) in [6, 6.07) is 10.7. The molecule has 79 heavy (non-hydrogen) atoms. The molecular weight excluding hydrogens is 1020 g/mol. The summed E-state index contributed by atoms with van der Waals surface area (Å²) in [5.41, 5.74) is 1.78. The molecule has 3 aliphatic heterocycles. The summed E-state index contributed by atoms with van der Waals surface area (Å²) >= 11 is 0. The van der Waals surface area contributed by atoms with Crippen molar-refractivity contribution in [3.05, 3.63) is 110 Å². The molecule has 1 saturated carbocycles. The van der Waals surface area contributed by atoms with Gasteiger partial charge in [-0.25, -0.2) is 14.2 Å². The number of pyridine rings is 2. The highest BCUT2D eigenvalue weighted by Crippen LogP contribution is 2.50. The van der Waals surface area contributed by atoms with Gasteiger partial charge in [0.25, 0.3) is 17.4 Å². The second kappa shape index (κ2) is 23.5. The van der Waals surface area contributed by atoms with Crippen molar-refractivity contribution < 1.29 is 62.1 Å². The molecule has 4 aromatic rings. The number of benzene rings is 2. The van der Waals surface area contributed by atoms with E-state index in [1.807, 2.05) is 0 Å². The maximum Gasteiger partial charge on any atom is 0.343 e. The van der Waals surface area contributed by atoms with Gasteiger partial charge in [0.15, 0.2) is 5.60 Å². The molecule has 0 saturated heterocycles. The molecule has 5 heterocycles. The molecule has 9 rings (SSSR count). The second-order valence-electron chi connectivity index (χ2n) is 21.0. The summed E-state index contributed by atoms with van der Waals surface area (Å²) < 4.78 is 28.3. The zero-order valence-electron chi connectivity index (χ0n) is 44.1. The van der Waals surface area contributed by atoms with E-state index in [0.717, 1.165) is 33.4 Å². The molecule has 6 N–H and O–H groups in total. The van der Waals surface area contributed by atoms with E-state index in [0.29, 0.717) is 73.0 Å². The van der Waals surface area contributed by atoms with E-state index in [1.54, 1.807) is 50.2 Å². The number of rotatable bonds is 24. The fourth-order valence-corrected chi connectivity index (χ4v) is 11.3. The van der Waals surface area contributed by atoms with Gasteiger partial charge in [-0.3, -0.25) is 48.1 Å². The van der Waals surface area contributed by atoms with E-state index in [2.05, 4.69) is 26.6 Å². The number of aryl methyl sites for hydroxylation is 1. The number of hydrogen-bond acceptors (Lipinski definition) is 14. The number of halogens is 1. The Labute approximate surface area is 453 Å². The van der Waals surface area contributed by atoms with Crippen LogP contribution >= 0.6 is 0 Å². The predicted octanol–water partition coefficient (Wildman–Crippen LogP) is 2.34. The van der Waals surface area contributed by atoms with Crippen LogP contribution in [0.25, 0.3) is 22.3 Å². The molecule has 2 aliphatic carbocycles. The summed E-state index contributed by atoms with van der Waals surface area (Å²) in [5.74, 6) is -5.36. The van der Waals surface area contributed by atoms with E-state index in [1.165, 1.54) is 22.8 Å². The number of esters is 1. The first kappa shape index (κ1) is 55.8. The number of cyclic esters (lactones) is 1. The smallest absolute Gasteiger partial charge is 0.343 e. The summed E-state index contributed by atoms with van der Waals surface area (Å²) in [6.45, 7) is 1.80. The lowest BCUT2D eigenvalue weighted by Gasteiger charge is -2.41. The van der Waals surface area contributed by atoms with Crippen LogP contribution in [0, 0.1) is 18.2 Å². The number of hydrogen-bond donors (Lipinski definition) is 6. The zero-order chi connectivity index (χ0) is 56.2. The Kier molecular flexibility index (Phi) is 16.6. The van der Waals surface area contributed by atoms with Gasteiger partial charge in [0.1, 0.15) is 31.0 Å². The van der Waals surface area contributed by atoms with E-state index >= 15 is 4.39 Å². The van der Waals surface area contributed by atoms with Gasteiger partial charge in [0.2, 0.25) is 29.5 Å². The number of fused-ring (bicyclic) bond motifs is 5. The molecule has 0 bridgehead atoms. The van der Waals surface area contributed by atoms with Crippen molar-refractivity contribution in [2.45, 2.75) is 122 Å². The van der Waals surface area contributed by atoms with Crippen molar-refractivity contribution in [1.82, 2.24) is 41.0 Å². The molecule has 1 fully saturated rings. The van der Waals surface area contributed by atoms with Crippen LogP contribution in [-0.2, 0) is 84.2 Å². The highest BCUT2D eigenvalue weighted by atomic mass is 19.1. The lowest BCUT2D eigenvalue weighted by atomic mass is 9.63. The Balaban J connectivity index is 0.761. The number of ketones is 1. The van der Waals surface area contributed by atoms with Gasteiger partial charge in [-0.1, -0.05) is 50.1 Å². The average molecular weight is 1090 g/mol. The van der Waals surface area contributed by atoms with Gasteiger partial charge < -0.3 is 45.7 Å². The standard InChI is InChI=1S/C57H63FN8O13/c1-3-57(77)38-23-42-52-36(28-66(42)54(75)37(38)29-79-55(57)76)50-34(14-15-35-32(2)39(58)24-40(64-52)51(35)50)22-43(67)56(18-10-19-56)30-78-31-62-46(70)26-61-53(74)41(21-33-11-6-4-7-12-33)63-47(71)27-60-45(69)25-59-44(68)13-8-5-9-20-65-48(72)16-17-49(65)73/h4,6-7,11-12,16-17,23-24,34,41,77H,3,5,8-10,13-15,18-22,25-31H2,1-2H3,(H,59,68)(H,60,69)(H,61,74)(H,62,70)(H,63,71)/t34-,41+,57+/m1/s1. The Morgan fingerprint density at radius 3 is 2.30 bits per heavy atom. The molecular formula is C57H63FN8O13. The SMILES string of the molecule is CC[C@@]1(O)C(=O)OCc2c1cc1n(c2=O)Cc2c-1nc1cc(F)c(C)c3c1c2[C@@H](CC(=O)C1(COCNC(=O)CNC(=O)[C@H](Cc2ccccc2)NC(=O)CNC(=O)CNC(=O)CCCCCN2C(=O)C=CC2=O)CCC1)CC3. The van der Waals surface area contributed by atoms with Crippen LogP contribution in [0.4, 0.5) is 4.39 Å². The third-order valence-electron chi connectivity index (χ3n) is 16.0. The van der Waals surface area contributed by atoms with Crippen LogP contribution in [0.3, 0.4) is 0 Å². The largest absolute Gasteiger partial charge is 0.458 e. The molecule has 2 aromatic carbocycles. The number of aliphatic hydroxyl groups is 1. The Morgan fingerprint density at radius 1 is 0.873 bits per heavy atom. The number of aromatic nitrogens is 2. The highest BCUT2D eigenvalue weighted by molar-refractivity contribution is 6.12. The van der Waals surface area contributed by atoms with Crippen molar-refractivity contribution in [3.63, 3.8) is 0 Å². The molecule has 2 aromatic heterocycles. The maximum absolute atomic E-state index is 15.5. The number of imide groups is 1. The molecule has 21 nitrogen and oxygen atoms in total. The fraction of sp³-hybridized carbons (Fsp3) is 0.456. The Hall–Kier alpha value is -7.98. The summed E-state index contributed by atoms with van der Waals surface area (Å²) in [5, 5.41) is 24.9. The lowest BCUT2D eigenvalue weighted by Crippen LogP contribution is -2.52. The van der Waals surface area contributed by atoms with Gasteiger partial charge in [-0.15, -0.1) is 0 Å². The minimum Gasteiger partial charge on any atom is -0.458 e. The normalized spacial score (nSPS) is 18.7. The molecule has 416 valence electrons. The van der Waals surface area contributed by atoms with Gasteiger partial charge in [0.05, 0.1) is 60.7 Å². The first-order valence-electron chi connectivity index (χ1n) is 26.8. The van der Waals surface area contributed by atoms with Crippen LogP contribution in [0.5, 0.6) is 0 Å². The van der Waals surface area contributed by atoms with Crippen molar-refractivity contribution in [2.75, 3.05) is 39.5 Å². The number of ether oxygens (including phenoxy) is 2. The van der Waals surface area contributed by atoms with Crippen LogP contribution in [-0.4, -0.2) is 118 Å². The molecule has 0 spiro atoms. The second-order valence-corrected chi connectivity index (χ2v) is 21.0. The fourth-order valence-electron chi connectivity index (χ4n) is 11.3. The van der Waals surface area contributed by atoms with Crippen LogP contribution in [0.15, 0.2) is 59.4 Å². The molecule has 0 radical (unpaired) electrons. The molecule has 0 unspecified atom stereocenters. The van der Waals surface area contributed by atoms with Crippen LogP contribution < -0.4 is 32.1 Å². The van der Waals surface area contributed by atoms with E-state index in [9.17, 15) is 53.1 Å². The number of nitrogens with one attached hydrogen (secondary N) is 5. The Bertz CT molecular complexity index is 3250. The zero-order valence-corrected chi connectivity index (χ0v) is 44.1. The van der Waals surface area contributed by atoms with Crippen molar-refractivity contribution in [2.24, 2.45) is 5.41 Å². The first-order valence-corrected chi connectivity index (χ1v) is 26.8. The minimum atomic E-state index is -2.03. The van der Waals surface area contributed by atoms with Gasteiger partial charge in [-0.2, -0.15) is 0 Å². The van der Waals surface area contributed by atoms with Crippen LogP contribution in [0.2, 0.25) is 0 Å². The van der Waals surface area contributed by atoms with Gasteiger partial charge in [0, 0.05) is 60.5 Å². The third kappa shape index (κ3) is 11.6. The Morgan fingerprint density at radius 2 is 1.58 bits per heavy atom. The third-order valence-corrected chi connectivity index (χ3v) is 16.0. The quantitative estimate of drug-likeness (QED) is 0.0224. The minimum absolute atomic E-state index is 0.0185. The molecule has 7 amide bonds. The number of Topliss-reactive ketones (excluding diaryl/α,β-unsaturated/α-hetero) is 1. The van der Waals surface area contributed by atoms with E-state index < -0.39 is 83.6 Å². The van der Waals surface area contributed by atoms with Gasteiger partial charge in [-0.05, 0) is 86.1 Å². The summed E-state index contributed by atoms with van der Waals surface area (Å²) in [7, 11) is 0. The van der Waals surface area contributed by atoms with Gasteiger partial charge >= 0.3 is 5.97 Å². The van der Waals surface area contributed by atoms with E-state index in [4.69, 9.17) is 14.5 Å². The number of carbonyl (C=O) groups excluding carboxylic acids is 9. The summed E-state index contributed by atoms with van der Waals surface area (Å²) in [4.78, 5) is 135. The average Bonchev–Trinajstić information content (AvgIpc) is 3.78. The highest BCUT2D eigenvalue weighted by Gasteiger charge is 2.48. The number of carbonyl (C=O) groups is 9. The summed E-state index contributed by atoms with van der Waals surface area (Å²) in [6.07, 6.45) is 7.20. The monoisotopic (exact) mass is 1090 g/mol. The number of nitrogens with zero attached hydrogens (tertiary/aromatic N) is 3. The number of unbranched alkanes of at least 4 members (excludes halogenated alkanes) is 2. The van der Waals surface area contributed by atoms with Crippen molar-refractivity contribution in [3.8, 4) is 11.4 Å². The first-order chi connectivity index (χ1) is 37.9.